The first-order valence-electron chi connectivity index (χ1n) is 5.29. The van der Waals surface area contributed by atoms with Crippen molar-refractivity contribution in [3.63, 3.8) is 0 Å². The van der Waals surface area contributed by atoms with E-state index in [1.165, 1.54) is 12.1 Å². The second-order valence-electron chi connectivity index (χ2n) is 3.79. The Morgan fingerprint density at radius 1 is 1.11 bits per heavy atom. The summed E-state index contributed by atoms with van der Waals surface area (Å²) < 4.78 is 14.6. The largest absolute Gasteiger partial charge is 0.282 e. The number of nitrogens with zero attached hydrogens (tertiary/aromatic N) is 4. The SMILES string of the molecule is N#Cc1ccn2c(-c3ccc(F)cc3)nnc2c1. The molecule has 0 bridgehead atoms. The third kappa shape index (κ3) is 1.60. The van der Waals surface area contributed by atoms with Crippen LogP contribution in [0.25, 0.3) is 17.0 Å². The van der Waals surface area contributed by atoms with Crippen molar-refractivity contribution < 1.29 is 4.39 Å². The number of hydrogen-bond donors (Lipinski definition) is 0. The van der Waals surface area contributed by atoms with Crippen LogP contribution in [0.5, 0.6) is 0 Å². The fourth-order valence-corrected chi connectivity index (χ4v) is 1.76. The van der Waals surface area contributed by atoms with Crippen molar-refractivity contribution in [2.24, 2.45) is 0 Å². The molecule has 1 aromatic carbocycles. The van der Waals surface area contributed by atoms with Gasteiger partial charge in [-0.1, -0.05) is 0 Å². The molecule has 0 radical (unpaired) electrons. The van der Waals surface area contributed by atoms with Crippen LogP contribution >= 0.6 is 0 Å². The standard InChI is InChI=1S/C13H7FN4/c14-11-3-1-10(2-4-11)13-17-16-12-7-9(8-15)5-6-18(12)13/h1-7H. The minimum atomic E-state index is -0.292. The Kier molecular flexibility index (Phi) is 2.27. The Morgan fingerprint density at radius 3 is 2.61 bits per heavy atom. The highest BCUT2D eigenvalue weighted by molar-refractivity contribution is 5.60. The average Bonchev–Trinajstić information content (AvgIpc) is 2.82. The summed E-state index contributed by atoms with van der Waals surface area (Å²) in [6.07, 6.45) is 1.73. The van der Waals surface area contributed by atoms with Gasteiger partial charge in [0.1, 0.15) is 5.82 Å². The van der Waals surface area contributed by atoms with Crippen LogP contribution in [0.4, 0.5) is 4.39 Å². The topological polar surface area (TPSA) is 54.0 Å². The molecule has 86 valence electrons. The van der Waals surface area contributed by atoms with Crippen molar-refractivity contribution in [3.05, 3.63) is 54.0 Å². The van der Waals surface area contributed by atoms with Gasteiger partial charge in [-0.05, 0) is 30.3 Å². The Morgan fingerprint density at radius 2 is 1.89 bits per heavy atom. The van der Waals surface area contributed by atoms with E-state index in [0.717, 1.165) is 5.56 Å². The maximum Gasteiger partial charge on any atom is 0.168 e. The van der Waals surface area contributed by atoms with Gasteiger partial charge in [0.2, 0.25) is 0 Å². The predicted octanol–water partition coefficient (Wildman–Crippen LogP) is 2.41. The number of hydrogen-bond acceptors (Lipinski definition) is 3. The molecule has 18 heavy (non-hydrogen) atoms. The molecular formula is C13H7FN4. The summed E-state index contributed by atoms with van der Waals surface area (Å²) >= 11 is 0. The summed E-state index contributed by atoms with van der Waals surface area (Å²) in [5, 5.41) is 16.8. The Bertz CT molecular complexity index is 753. The summed E-state index contributed by atoms with van der Waals surface area (Å²) in [5.41, 5.74) is 1.89. The maximum atomic E-state index is 12.9. The molecule has 0 aliphatic carbocycles. The lowest BCUT2D eigenvalue weighted by molar-refractivity contribution is 0.628. The molecule has 0 atom stereocenters. The Balaban J connectivity index is 2.19. The number of pyridine rings is 1. The van der Waals surface area contributed by atoms with E-state index in [4.69, 9.17) is 5.26 Å². The normalized spacial score (nSPS) is 10.4. The molecule has 0 amide bonds. The first-order valence-corrected chi connectivity index (χ1v) is 5.29. The Labute approximate surface area is 102 Å². The van der Waals surface area contributed by atoms with Gasteiger partial charge in [0.25, 0.3) is 0 Å². The van der Waals surface area contributed by atoms with E-state index in [2.05, 4.69) is 10.2 Å². The van der Waals surface area contributed by atoms with Crippen LogP contribution in [0.1, 0.15) is 5.56 Å². The smallest absolute Gasteiger partial charge is 0.168 e. The molecule has 0 saturated heterocycles. The Hall–Kier alpha value is -2.74. The zero-order chi connectivity index (χ0) is 12.5. The first kappa shape index (κ1) is 10.4. The molecule has 3 aromatic rings. The van der Waals surface area contributed by atoms with Crippen LogP contribution in [0.3, 0.4) is 0 Å². The molecule has 2 aromatic heterocycles. The summed E-state index contributed by atoms with van der Waals surface area (Å²) in [4.78, 5) is 0. The maximum absolute atomic E-state index is 12.9. The van der Waals surface area contributed by atoms with E-state index in [1.54, 1.807) is 34.9 Å². The lowest BCUT2D eigenvalue weighted by atomic mass is 10.2. The second kappa shape index (κ2) is 3.93. The summed E-state index contributed by atoms with van der Waals surface area (Å²) in [6.45, 7) is 0. The van der Waals surface area contributed by atoms with Crippen LogP contribution in [0.2, 0.25) is 0 Å². The summed E-state index contributed by atoms with van der Waals surface area (Å²) in [5.74, 6) is 0.328. The van der Waals surface area contributed by atoms with Gasteiger partial charge in [-0.2, -0.15) is 5.26 Å². The van der Waals surface area contributed by atoms with Gasteiger partial charge in [0.15, 0.2) is 11.5 Å². The number of halogens is 1. The number of benzene rings is 1. The fourth-order valence-electron chi connectivity index (χ4n) is 1.76. The van der Waals surface area contributed by atoms with Crippen molar-refractivity contribution in [3.8, 4) is 17.5 Å². The lowest BCUT2D eigenvalue weighted by Crippen LogP contribution is -1.90. The fraction of sp³-hybridized carbons (Fsp3) is 0. The molecule has 0 N–H and O–H groups in total. The van der Waals surface area contributed by atoms with Crippen LogP contribution in [-0.4, -0.2) is 14.6 Å². The quantitative estimate of drug-likeness (QED) is 0.654. The molecule has 0 saturated carbocycles. The lowest BCUT2D eigenvalue weighted by Gasteiger charge is -1.99. The van der Waals surface area contributed by atoms with E-state index in [0.29, 0.717) is 17.0 Å². The molecule has 0 unspecified atom stereocenters. The van der Waals surface area contributed by atoms with Gasteiger partial charge in [0.05, 0.1) is 11.6 Å². The van der Waals surface area contributed by atoms with Gasteiger partial charge >= 0.3 is 0 Å². The monoisotopic (exact) mass is 238 g/mol. The highest BCUT2D eigenvalue weighted by atomic mass is 19.1. The highest BCUT2D eigenvalue weighted by Crippen LogP contribution is 2.19. The minimum absolute atomic E-state index is 0.292. The van der Waals surface area contributed by atoms with Crippen molar-refractivity contribution in [2.45, 2.75) is 0 Å². The van der Waals surface area contributed by atoms with Crippen molar-refractivity contribution in [1.82, 2.24) is 14.6 Å². The molecule has 2 heterocycles. The van der Waals surface area contributed by atoms with Crippen LogP contribution in [-0.2, 0) is 0 Å². The highest BCUT2D eigenvalue weighted by Gasteiger charge is 2.08. The van der Waals surface area contributed by atoms with Crippen LogP contribution in [0.15, 0.2) is 42.6 Å². The van der Waals surface area contributed by atoms with Crippen molar-refractivity contribution in [2.75, 3.05) is 0 Å². The average molecular weight is 238 g/mol. The van der Waals surface area contributed by atoms with E-state index in [9.17, 15) is 4.39 Å². The van der Waals surface area contributed by atoms with Gasteiger partial charge in [-0.25, -0.2) is 4.39 Å². The molecule has 0 aliphatic heterocycles. The van der Waals surface area contributed by atoms with E-state index in [1.807, 2.05) is 6.07 Å². The second-order valence-corrected chi connectivity index (χ2v) is 3.79. The molecule has 0 fully saturated rings. The van der Waals surface area contributed by atoms with Crippen molar-refractivity contribution >= 4 is 5.65 Å². The third-order valence-electron chi connectivity index (χ3n) is 2.64. The first-order chi connectivity index (χ1) is 8.78. The third-order valence-corrected chi connectivity index (χ3v) is 2.64. The van der Waals surface area contributed by atoms with Crippen LogP contribution in [0, 0.1) is 17.1 Å². The minimum Gasteiger partial charge on any atom is -0.282 e. The number of nitriles is 1. The van der Waals surface area contributed by atoms with E-state index >= 15 is 0 Å². The number of aromatic nitrogens is 3. The summed E-state index contributed by atoms with van der Waals surface area (Å²) in [7, 11) is 0. The molecule has 3 rings (SSSR count). The van der Waals surface area contributed by atoms with E-state index < -0.39 is 0 Å². The van der Waals surface area contributed by atoms with Gasteiger partial charge in [-0.15, -0.1) is 10.2 Å². The number of fused-ring (bicyclic) bond motifs is 1. The molecular weight excluding hydrogens is 231 g/mol. The number of rotatable bonds is 1. The van der Waals surface area contributed by atoms with Gasteiger partial charge < -0.3 is 0 Å². The molecule has 0 aliphatic rings. The van der Waals surface area contributed by atoms with E-state index in [-0.39, 0.29) is 5.82 Å². The van der Waals surface area contributed by atoms with Crippen molar-refractivity contribution in [1.29, 1.82) is 5.26 Å². The molecule has 5 heteroatoms. The van der Waals surface area contributed by atoms with Gasteiger partial charge in [0, 0.05) is 17.8 Å². The molecule has 4 nitrogen and oxygen atoms in total. The zero-order valence-corrected chi connectivity index (χ0v) is 9.21. The molecule has 0 spiro atoms. The summed E-state index contributed by atoms with van der Waals surface area (Å²) in [6, 6.07) is 11.4. The predicted molar refractivity (Wildman–Crippen MR) is 63.1 cm³/mol. The van der Waals surface area contributed by atoms with Gasteiger partial charge in [-0.3, -0.25) is 4.40 Å². The zero-order valence-electron chi connectivity index (χ0n) is 9.21. The van der Waals surface area contributed by atoms with Crippen LogP contribution < -0.4 is 0 Å².